The summed E-state index contributed by atoms with van der Waals surface area (Å²) < 4.78 is 5.42. The zero-order chi connectivity index (χ0) is 12.8. The molecule has 2 rings (SSSR count). The first-order valence-electron chi connectivity index (χ1n) is 6.52. The molecule has 0 aliphatic carbocycles. The highest BCUT2D eigenvalue weighted by atomic mass is 35.5. The molecule has 1 unspecified atom stereocenters. The van der Waals surface area contributed by atoms with E-state index in [0.29, 0.717) is 6.10 Å². The van der Waals surface area contributed by atoms with Crippen LogP contribution in [0.15, 0.2) is 24.3 Å². The smallest absolute Gasteiger partial charge is 0.0698 e. The quantitative estimate of drug-likeness (QED) is 0.889. The molecule has 1 N–H and O–H groups in total. The molecule has 1 saturated heterocycles. The molecule has 0 aromatic heterocycles. The van der Waals surface area contributed by atoms with Gasteiger partial charge in [0.2, 0.25) is 0 Å². The fourth-order valence-electron chi connectivity index (χ4n) is 2.33. The fraction of sp³-hybridized carbons (Fsp3) is 0.571. The molecule has 18 heavy (non-hydrogen) atoms. The minimum Gasteiger partial charge on any atom is -0.384 e. The number of ether oxygens (including phenoxy) is 1. The third-order valence-corrected chi connectivity index (χ3v) is 3.65. The Morgan fingerprint density at radius 3 is 2.89 bits per heavy atom. The van der Waals surface area contributed by atoms with E-state index in [9.17, 15) is 0 Å². The number of nitrogens with one attached hydrogen (secondary N) is 1. The zero-order valence-corrected chi connectivity index (χ0v) is 11.6. The van der Waals surface area contributed by atoms with Crippen LogP contribution in [-0.4, -0.2) is 44.3 Å². The van der Waals surface area contributed by atoms with Crippen LogP contribution >= 0.6 is 11.6 Å². The molecule has 1 aliphatic heterocycles. The maximum atomic E-state index is 5.85. The number of piperidine rings is 1. The molecule has 1 atom stereocenters. The van der Waals surface area contributed by atoms with Crippen molar-refractivity contribution in [2.45, 2.75) is 18.9 Å². The van der Waals surface area contributed by atoms with Crippen LogP contribution in [0.3, 0.4) is 0 Å². The Labute approximate surface area is 114 Å². The minimum atomic E-state index is 0.411. The highest BCUT2D eigenvalue weighted by Crippen LogP contribution is 2.14. The van der Waals surface area contributed by atoms with E-state index in [-0.39, 0.29) is 0 Å². The van der Waals surface area contributed by atoms with E-state index in [1.807, 2.05) is 24.3 Å². The summed E-state index contributed by atoms with van der Waals surface area (Å²) in [5.74, 6) is 0. The molecule has 0 spiro atoms. The highest BCUT2D eigenvalue weighted by Gasteiger charge is 2.18. The summed E-state index contributed by atoms with van der Waals surface area (Å²) in [7, 11) is 1.81. The molecule has 4 heteroatoms. The van der Waals surface area contributed by atoms with Gasteiger partial charge in [-0.05, 0) is 43.7 Å². The van der Waals surface area contributed by atoms with Crippen LogP contribution < -0.4 is 5.32 Å². The van der Waals surface area contributed by atoms with E-state index >= 15 is 0 Å². The SMILES string of the molecule is COC1CCCN(CCNc2ccc(Cl)cc2)C1. The Kier molecular flexibility index (Phi) is 5.29. The largest absolute Gasteiger partial charge is 0.384 e. The number of rotatable bonds is 5. The lowest BCUT2D eigenvalue weighted by Crippen LogP contribution is -2.41. The van der Waals surface area contributed by atoms with Crippen molar-refractivity contribution in [3.8, 4) is 0 Å². The van der Waals surface area contributed by atoms with E-state index < -0.39 is 0 Å². The second-order valence-corrected chi connectivity index (χ2v) is 5.17. The van der Waals surface area contributed by atoms with Crippen LogP contribution in [0.5, 0.6) is 0 Å². The Morgan fingerprint density at radius 2 is 2.17 bits per heavy atom. The summed E-state index contributed by atoms with van der Waals surface area (Å²) in [4.78, 5) is 2.46. The summed E-state index contributed by atoms with van der Waals surface area (Å²) in [5.41, 5.74) is 1.12. The van der Waals surface area contributed by atoms with Gasteiger partial charge in [-0.3, -0.25) is 4.90 Å². The molecule has 100 valence electrons. The van der Waals surface area contributed by atoms with Crippen LogP contribution in [0, 0.1) is 0 Å². The summed E-state index contributed by atoms with van der Waals surface area (Å²) in [6.45, 7) is 4.25. The van der Waals surface area contributed by atoms with Crippen LogP contribution in [0.25, 0.3) is 0 Å². The zero-order valence-electron chi connectivity index (χ0n) is 10.9. The van der Waals surface area contributed by atoms with Crippen LogP contribution in [0.4, 0.5) is 5.69 Å². The lowest BCUT2D eigenvalue weighted by atomic mass is 10.1. The second-order valence-electron chi connectivity index (χ2n) is 4.73. The van der Waals surface area contributed by atoms with E-state index in [0.717, 1.165) is 30.3 Å². The number of halogens is 1. The van der Waals surface area contributed by atoms with Gasteiger partial charge in [-0.1, -0.05) is 11.6 Å². The van der Waals surface area contributed by atoms with E-state index in [4.69, 9.17) is 16.3 Å². The monoisotopic (exact) mass is 268 g/mol. The fourth-order valence-corrected chi connectivity index (χ4v) is 2.46. The van der Waals surface area contributed by atoms with E-state index in [2.05, 4.69) is 10.2 Å². The number of methoxy groups -OCH3 is 1. The molecular formula is C14H21ClN2O. The molecule has 1 aliphatic rings. The summed E-state index contributed by atoms with van der Waals surface area (Å²) >= 11 is 5.85. The number of likely N-dealkylation sites (tertiary alicyclic amines) is 1. The van der Waals surface area contributed by atoms with Crippen molar-refractivity contribution in [2.75, 3.05) is 38.6 Å². The molecule has 1 heterocycles. The second kappa shape index (κ2) is 6.98. The van der Waals surface area contributed by atoms with Gasteiger partial charge in [-0.2, -0.15) is 0 Å². The molecule has 0 bridgehead atoms. The average Bonchev–Trinajstić information content (AvgIpc) is 2.41. The lowest BCUT2D eigenvalue weighted by Gasteiger charge is -2.31. The minimum absolute atomic E-state index is 0.411. The number of hydrogen-bond acceptors (Lipinski definition) is 3. The Hall–Kier alpha value is -0.770. The van der Waals surface area contributed by atoms with Crippen LogP contribution in [0.1, 0.15) is 12.8 Å². The topological polar surface area (TPSA) is 24.5 Å². The maximum Gasteiger partial charge on any atom is 0.0698 e. The third-order valence-electron chi connectivity index (χ3n) is 3.40. The standard InChI is InChI=1S/C14H21ClN2O/c1-18-14-3-2-9-17(11-14)10-8-16-13-6-4-12(15)5-7-13/h4-7,14,16H,2-3,8-11H2,1H3. The predicted molar refractivity (Wildman–Crippen MR) is 76.4 cm³/mol. The first-order valence-corrected chi connectivity index (χ1v) is 6.90. The number of benzene rings is 1. The van der Waals surface area contributed by atoms with Gasteiger partial charge < -0.3 is 10.1 Å². The van der Waals surface area contributed by atoms with Gasteiger partial charge in [0.1, 0.15) is 0 Å². The number of nitrogens with zero attached hydrogens (tertiary/aromatic N) is 1. The van der Waals surface area contributed by atoms with Crippen molar-refractivity contribution in [3.05, 3.63) is 29.3 Å². The molecule has 3 nitrogen and oxygen atoms in total. The molecule has 0 radical (unpaired) electrons. The Morgan fingerprint density at radius 1 is 1.39 bits per heavy atom. The number of hydrogen-bond donors (Lipinski definition) is 1. The van der Waals surface area contributed by atoms with Gasteiger partial charge in [0, 0.05) is 37.5 Å². The predicted octanol–water partition coefficient (Wildman–Crippen LogP) is 2.86. The molecule has 1 aromatic rings. The Bertz CT molecular complexity index is 355. The van der Waals surface area contributed by atoms with Crippen molar-refractivity contribution >= 4 is 17.3 Å². The van der Waals surface area contributed by atoms with Crippen molar-refractivity contribution < 1.29 is 4.74 Å². The van der Waals surface area contributed by atoms with E-state index in [1.165, 1.54) is 19.4 Å². The first-order chi connectivity index (χ1) is 8.78. The van der Waals surface area contributed by atoms with Crippen molar-refractivity contribution in [1.29, 1.82) is 0 Å². The maximum absolute atomic E-state index is 5.85. The third kappa shape index (κ3) is 4.16. The van der Waals surface area contributed by atoms with Gasteiger partial charge in [-0.15, -0.1) is 0 Å². The lowest BCUT2D eigenvalue weighted by molar-refractivity contribution is 0.0329. The highest BCUT2D eigenvalue weighted by molar-refractivity contribution is 6.30. The molecule has 0 amide bonds. The van der Waals surface area contributed by atoms with Gasteiger partial charge in [0.25, 0.3) is 0 Å². The van der Waals surface area contributed by atoms with Gasteiger partial charge in [-0.25, -0.2) is 0 Å². The first kappa shape index (κ1) is 13.7. The van der Waals surface area contributed by atoms with Gasteiger partial charge in [0.05, 0.1) is 6.10 Å². The van der Waals surface area contributed by atoms with Gasteiger partial charge in [0.15, 0.2) is 0 Å². The Balaban J connectivity index is 1.70. The molecule has 1 aromatic carbocycles. The van der Waals surface area contributed by atoms with Crippen molar-refractivity contribution in [2.24, 2.45) is 0 Å². The van der Waals surface area contributed by atoms with Crippen LogP contribution in [0.2, 0.25) is 5.02 Å². The number of anilines is 1. The van der Waals surface area contributed by atoms with Crippen molar-refractivity contribution in [1.82, 2.24) is 4.90 Å². The van der Waals surface area contributed by atoms with Crippen molar-refractivity contribution in [3.63, 3.8) is 0 Å². The molecule has 1 fully saturated rings. The normalized spacial score (nSPS) is 20.9. The summed E-state index contributed by atoms with van der Waals surface area (Å²) in [6, 6.07) is 7.84. The van der Waals surface area contributed by atoms with Gasteiger partial charge >= 0.3 is 0 Å². The summed E-state index contributed by atoms with van der Waals surface area (Å²) in [5, 5.41) is 4.19. The average molecular weight is 269 g/mol. The van der Waals surface area contributed by atoms with E-state index in [1.54, 1.807) is 7.11 Å². The van der Waals surface area contributed by atoms with Crippen LogP contribution in [-0.2, 0) is 4.74 Å². The molecular weight excluding hydrogens is 248 g/mol. The molecule has 0 saturated carbocycles. The summed E-state index contributed by atoms with van der Waals surface area (Å²) in [6.07, 6.45) is 2.84.